The average molecular weight is 445 g/mol. The molecule has 0 spiro atoms. The SMILES string of the molecule is CN(C)c1ccc(-c2ccnc(N3CCCN(S(=O)(=O)N4CCCCC4)CC3)n2)cc1. The van der Waals surface area contributed by atoms with Gasteiger partial charge in [0, 0.05) is 70.8 Å². The summed E-state index contributed by atoms with van der Waals surface area (Å²) in [5.41, 5.74) is 3.05. The minimum Gasteiger partial charge on any atom is -0.378 e. The molecule has 4 rings (SSSR count). The highest BCUT2D eigenvalue weighted by Crippen LogP contribution is 2.23. The molecule has 1 aromatic heterocycles. The summed E-state index contributed by atoms with van der Waals surface area (Å²) in [6.45, 7) is 3.62. The molecule has 31 heavy (non-hydrogen) atoms. The normalized spacial score (nSPS) is 19.2. The summed E-state index contributed by atoms with van der Waals surface area (Å²) in [4.78, 5) is 13.4. The van der Waals surface area contributed by atoms with Crippen LogP contribution in [0.5, 0.6) is 0 Å². The second-order valence-electron chi connectivity index (χ2n) is 8.39. The van der Waals surface area contributed by atoms with Crippen LogP contribution in [-0.4, -0.2) is 80.4 Å². The van der Waals surface area contributed by atoms with Crippen molar-refractivity contribution in [2.24, 2.45) is 0 Å². The Kier molecular flexibility index (Phi) is 6.74. The summed E-state index contributed by atoms with van der Waals surface area (Å²) < 4.78 is 29.4. The molecule has 9 heteroatoms. The number of nitrogens with zero attached hydrogens (tertiary/aromatic N) is 6. The van der Waals surface area contributed by atoms with E-state index in [1.54, 1.807) is 14.8 Å². The van der Waals surface area contributed by atoms with Gasteiger partial charge in [0.15, 0.2) is 0 Å². The standard InChI is InChI=1S/C22H32N6O2S/c1-25(2)20-9-7-19(8-10-20)21-11-12-23-22(24-21)26-13-6-16-28(18-17-26)31(29,30)27-14-4-3-5-15-27/h7-12H,3-6,13-18H2,1-2H3. The zero-order valence-corrected chi connectivity index (χ0v) is 19.3. The molecule has 0 amide bonds. The van der Waals surface area contributed by atoms with E-state index >= 15 is 0 Å². The monoisotopic (exact) mass is 444 g/mol. The highest BCUT2D eigenvalue weighted by atomic mass is 32.2. The second-order valence-corrected chi connectivity index (χ2v) is 10.3. The van der Waals surface area contributed by atoms with Crippen molar-refractivity contribution >= 4 is 21.8 Å². The lowest BCUT2D eigenvalue weighted by Gasteiger charge is -2.31. The van der Waals surface area contributed by atoms with E-state index < -0.39 is 10.2 Å². The molecule has 8 nitrogen and oxygen atoms in total. The molecule has 1 aromatic carbocycles. The third kappa shape index (κ3) is 4.99. The highest BCUT2D eigenvalue weighted by Gasteiger charge is 2.32. The second kappa shape index (κ2) is 9.50. The van der Waals surface area contributed by atoms with Crippen molar-refractivity contribution in [2.45, 2.75) is 25.7 Å². The lowest BCUT2D eigenvalue weighted by Crippen LogP contribution is -2.47. The molecule has 2 saturated heterocycles. The van der Waals surface area contributed by atoms with Crippen molar-refractivity contribution in [1.29, 1.82) is 0 Å². The van der Waals surface area contributed by atoms with Crippen LogP contribution in [0.4, 0.5) is 11.6 Å². The zero-order valence-electron chi connectivity index (χ0n) is 18.4. The highest BCUT2D eigenvalue weighted by molar-refractivity contribution is 7.86. The van der Waals surface area contributed by atoms with Crippen LogP contribution in [0, 0.1) is 0 Å². The van der Waals surface area contributed by atoms with Gasteiger partial charge in [0.1, 0.15) is 0 Å². The van der Waals surface area contributed by atoms with E-state index in [1.165, 1.54) is 0 Å². The van der Waals surface area contributed by atoms with Crippen molar-refractivity contribution in [3.05, 3.63) is 36.5 Å². The van der Waals surface area contributed by atoms with Gasteiger partial charge >= 0.3 is 0 Å². The number of benzene rings is 1. The molecule has 0 unspecified atom stereocenters. The smallest absolute Gasteiger partial charge is 0.282 e. The minimum absolute atomic E-state index is 0.462. The molecular formula is C22H32N6O2S. The Bertz CT molecular complexity index is 974. The van der Waals surface area contributed by atoms with Crippen LogP contribution < -0.4 is 9.80 Å². The maximum absolute atomic E-state index is 13.0. The van der Waals surface area contributed by atoms with Crippen LogP contribution in [0.15, 0.2) is 36.5 Å². The van der Waals surface area contributed by atoms with Crippen LogP contribution in [0.3, 0.4) is 0 Å². The first-order valence-corrected chi connectivity index (χ1v) is 12.5. The summed E-state index contributed by atoms with van der Waals surface area (Å²) in [7, 11) is 0.658. The lowest BCUT2D eigenvalue weighted by molar-refractivity contribution is 0.307. The van der Waals surface area contributed by atoms with Gasteiger partial charge in [-0.25, -0.2) is 9.97 Å². The summed E-state index contributed by atoms with van der Waals surface area (Å²) in [6, 6.07) is 10.2. The zero-order chi connectivity index (χ0) is 21.8. The molecule has 0 aliphatic carbocycles. The Hall–Kier alpha value is -2.23. The fourth-order valence-electron chi connectivity index (χ4n) is 4.18. The molecule has 0 radical (unpaired) electrons. The van der Waals surface area contributed by atoms with Crippen molar-refractivity contribution in [1.82, 2.24) is 18.6 Å². The van der Waals surface area contributed by atoms with Crippen LogP contribution in [0.1, 0.15) is 25.7 Å². The van der Waals surface area contributed by atoms with Crippen molar-refractivity contribution in [3.63, 3.8) is 0 Å². The van der Waals surface area contributed by atoms with Crippen LogP contribution in [0.25, 0.3) is 11.3 Å². The van der Waals surface area contributed by atoms with Gasteiger partial charge in [0.2, 0.25) is 5.95 Å². The van der Waals surface area contributed by atoms with Gasteiger partial charge in [-0.1, -0.05) is 18.6 Å². The Morgan fingerprint density at radius 2 is 1.48 bits per heavy atom. The van der Waals surface area contributed by atoms with Crippen LogP contribution in [-0.2, 0) is 10.2 Å². The molecule has 2 aromatic rings. The predicted octanol–water partition coefficient (Wildman–Crippen LogP) is 2.45. The first kappa shape index (κ1) is 22.0. The Balaban J connectivity index is 1.46. The van der Waals surface area contributed by atoms with E-state index in [4.69, 9.17) is 4.98 Å². The fraction of sp³-hybridized carbons (Fsp3) is 0.545. The molecule has 0 N–H and O–H groups in total. The first-order valence-electron chi connectivity index (χ1n) is 11.1. The fourth-order valence-corrected chi connectivity index (χ4v) is 5.89. The van der Waals surface area contributed by atoms with Crippen molar-refractivity contribution < 1.29 is 8.42 Å². The first-order chi connectivity index (χ1) is 14.9. The van der Waals surface area contributed by atoms with Crippen molar-refractivity contribution in [2.75, 3.05) is 63.2 Å². The minimum atomic E-state index is -3.38. The Morgan fingerprint density at radius 1 is 0.806 bits per heavy atom. The summed E-state index contributed by atoms with van der Waals surface area (Å²) in [5, 5.41) is 0. The third-order valence-electron chi connectivity index (χ3n) is 6.03. The summed E-state index contributed by atoms with van der Waals surface area (Å²) in [6.07, 6.45) is 5.57. The molecule has 0 saturated carbocycles. The van der Waals surface area contributed by atoms with Crippen LogP contribution in [0.2, 0.25) is 0 Å². The number of hydrogen-bond donors (Lipinski definition) is 0. The lowest BCUT2D eigenvalue weighted by atomic mass is 10.1. The van der Waals surface area contributed by atoms with E-state index in [9.17, 15) is 8.42 Å². The van der Waals surface area contributed by atoms with Gasteiger partial charge in [-0.2, -0.15) is 17.0 Å². The van der Waals surface area contributed by atoms with E-state index in [0.29, 0.717) is 38.7 Å². The molecule has 3 heterocycles. The molecule has 0 atom stereocenters. The molecule has 2 aliphatic heterocycles. The average Bonchev–Trinajstić information content (AvgIpc) is 3.07. The maximum Gasteiger partial charge on any atom is 0.282 e. The van der Waals surface area contributed by atoms with Gasteiger partial charge in [-0.3, -0.25) is 0 Å². The van der Waals surface area contributed by atoms with Crippen molar-refractivity contribution in [3.8, 4) is 11.3 Å². The number of anilines is 2. The van der Waals surface area contributed by atoms with E-state index in [2.05, 4.69) is 39.0 Å². The number of hydrogen-bond acceptors (Lipinski definition) is 6. The van der Waals surface area contributed by atoms with E-state index in [1.807, 2.05) is 20.2 Å². The van der Waals surface area contributed by atoms with Crippen LogP contribution >= 0.6 is 0 Å². The number of rotatable bonds is 5. The predicted molar refractivity (Wildman–Crippen MR) is 125 cm³/mol. The third-order valence-corrected chi connectivity index (χ3v) is 8.06. The largest absolute Gasteiger partial charge is 0.378 e. The number of aromatic nitrogens is 2. The van der Waals surface area contributed by atoms with Gasteiger partial charge in [-0.15, -0.1) is 0 Å². The van der Waals surface area contributed by atoms with Gasteiger partial charge < -0.3 is 9.80 Å². The van der Waals surface area contributed by atoms with E-state index in [0.717, 1.165) is 49.2 Å². The van der Waals surface area contributed by atoms with Gasteiger partial charge in [0.05, 0.1) is 5.69 Å². The molecule has 2 aliphatic rings. The molecular weight excluding hydrogens is 412 g/mol. The Morgan fingerprint density at radius 3 is 2.19 bits per heavy atom. The van der Waals surface area contributed by atoms with E-state index in [-0.39, 0.29) is 0 Å². The van der Waals surface area contributed by atoms with Gasteiger partial charge in [-0.05, 0) is 37.5 Å². The maximum atomic E-state index is 13.0. The summed E-state index contributed by atoms with van der Waals surface area (Å²) >= 11 is 0. The number of piperidine rings is 1. The van der Waals surface area contributed by atoms with Gasteiger partial charge in [0.25, 0.3) is 10.2 Å². The molecule has 2 fully saturated rings. The quantitative estimate of drug-likeness (QED) is 0.705. The summed E-state index contributed by atoms with van der Waals surface area (Å²) in [5.74, 6) is 0.659. The molecule has 0 bridgehead atoms. The Labute approximate surface area is 185 Å². The topological polar surface area (TPSA) is 72.9 Å². The molecule has 168 valence electrons.